The second-order valence-electron chi connectivity index (χ2n) is 3.80. The van der Waals surface area contributed by atoms with Gasteiger partial charge in [-0.05, 0) is 6.92 Å². The van der Waals surface area contributed by atoms with Crippen molar-refractivity contribution in [2.24, 2.45) is 11.7 Å². The van der Waals surface area contributed by atoms with Gasteiger partial charge < -0.3 is 15.7 Å². The molecule has 0 bridgehead atoms. The number of rotatable bonds is 4. The number of hydrogen-bond donors (Lipinski definition) is 2. The molecule has 1 rings (SSSR count). The van der Waals surface area contributed by atoms with Crippen LogP contribution in [0.2, 0.25) is 0 Å². The van der Waals surface area contributed by atoms with E-state index in [0.29, 0.717) is 0 Å². The van der Waals surface area contributed by atoms with E-state index in [4.69, 9.17) is 10.8 Å². The lowest BCUT2D eigenvalue weighted by atomic mass is 10.1. The van der Waals surface area contributed by atoms with Crippen LogP contribution in [-0.4, -0.2) is 40.4 Å². The minimum absolute atomic E-state index is 0.0965. The highest BCUT2D eigenvalue weighted by atomic mass is 16.4. The lowest BCUT2D eigenvalue weighted by molar-refractivity contribution is -0.139. The van der Waals surface area contributed by atoms with Crippen LogP contribution in [0.1, 0.15) is 19.8 Å². The average Bonchev–Trinajstić information content (AvgIpc) is 2.46. The van der Waals surface area contributed by atoms with Crippen LogP contribution in [0.4, 0.5) is 0 Å². The topological polar surface area (TPSA) is 101 Å². The van der Waals surface area contributed by atoms with Crippen LogP contribution in [0.25, 0.3) is 0 Å². The summed E-state index contributed by atoms with van der Waals surface area (Å²) in [5, 5.41) is 8.58. The molecule has 2 amide bonds. The zero-order valence-corrected chi connectivity index (χ0v) is 8.47. The van der Waals surface area contributed by atoms with Gasteiger partial charge in [-0.3, -0.25) is 14.4 Å². The number of carboxylic acid groups (broad SMARTS) is 1. The summed E-state index contributed by atoms with van der Waals surface area (Å²) < 4.78 is 0. The van der Waals surface area contributed by atoms with Gasteiger partial charge in [0.2, 0.25) is 11.8 Å². The third-order valence-corrected chi connectivity index (χ3v) is 2.56. The first-order chi connectivity index (χ1) is 6.91. The summed E-state index contributed by atoms with van der Waals surface area (Å²) in [5.41, 5.74) is 5.09. The molecular formula is C9H14N2O4. The Labute approximate surface area is 87.0 Å². The molecule has 1 saturated heterocycles. The average molecular weight is 214 g/mol. The van der Waals surface area contributed by atoms with E-state index in [1.54, 1.807) is 6.92 Å². The van der Waals surface area contributed by atoms with Gasteiger partial charge in [-0.15, -0.1) is 0 Å². The van der Waals surface area contributed by atoms with Crippen molar-refractivity contribution in [1.29, 1.82) is 0 Å². The number of nitrogens with zero attached hydrogens (tertiary/aromatic N) is 1. The van der Waals surface area contributed by atoms with E-state index in [0.717, 1.165) is 0 Å². The highest BCUT2D eigenvalue weighted by Crippen LogP contribution is 2.20. The number of carbonyl (C=O) groups excluding carboxylic acids is 2. The molecule has 6 nitrogen and oxygen atoms in total. The molecular weight excluding hydrogens is 200 g/mol. The highest BCUT2D eigenvalue weighted by Gasteiger charge is 2.35. The van der Waals surface area contributed by atoms with Gasteiger partial charge in [0.05, 0.1) is 12.3 Å². The van der Waals surface area contributed by atoms with Gasteiger partial charge in [-0.2, -0.15) is 0 Å². The molecule has 0 aromatic heterocycles. The molecule has 0 spiro atoms. The van der Waals surface area contributed by atoms with Crippen LogP contribution in [-0.2, 0) is 14.4 Å². The van der Waals surface area contributed by atoms with Crippen molar-refractivity contribution in [3.63, 3.8) is 0 Å². The molecule has 0 aromatic carbocycles. The van der Waals surface area contributed by atoms with Gasteiger partial charge in [-0.25, -0.2) is 0 Å². The van der Waals surface area contributed by atoms with Crippen molar-refractivity contribution >= 4 is 17.8 Å². The van der Waals surface area contributed by atoms with Crippen LogP contribution in [0.15, 0.2) is 0 Å². The second-order valence-corrected chi connectivity index (χ2v) is 3.80. The molecule has 2 atom stereocenters. The largest absolute Gasteiger partial charge is 0.481 e. The minimum Gasteiger partial charge on any atom is -0.481 e. The van der Waals surface area contributed by atoms with Gasteiger partial charge in [-0.1, -0.05) is 0 Å². The summed E-state index contributed by atoms with van der Waals surface area (Å²) in [6, 6.07) is -0.389. The number of carbonyl (C=O) groups is 3. The van der Waals surface area contributed by atoms with Crippen molar-refractivity contribution in [2.45, 2.75) is 25.8 Å². The summed E-state index contributed by atoms with van der Waals surface area (Å²) >= 11 is 0. The predicted molar refractivity (Wildman–Crippen MR) is 50.7 cm³/mol. The Morgan fingerprint density at radius 2 is 2.27 bits per heavy atom. The van der Waals surface area contributed by atoms with E-state index < -0.39 is 17.8 Å². The predicted octanol–water partition coefficient (Wildman–Crippen LogP) is -0.817. The third-order valence-electron chi connectivity index (χ3n) is 2.56. The summed E-state index contributed by atoms with van der Waals surface area (Å²) in [6.07, 6.45) is -0.0173. The van der Waals surface area contributed by atoms with Crippen LogP contribution in [0.3, 0.4) is 0 Å². The quantitative estimate of drug-likeness (QED) is 0.638. The van der Waals surface area contributed by atoms with Gasteiger partial charge in [0, 0.05) is 19.0 Å². The molecule has 84 valence electrons. The lowest BCUT2D eigenvalue weighted by Gasteiger charge is -2.22. The summed E-state index contributed by atoms with van der Waals surface area (Å²) in [5.74, 6) is -2.15. The molecule has 1 heterocycles. The first-order valence-corrected chi connectivity index (χ1v) is 4.72. The van der Waals surface area contributed by atoms with Crippen molar-refractivity contribution in [1.82, 2.24) is 4.90 Å². The van der Waals surface area contributed by atoms with E-state index in [9.17, 15) is 14.4 Å². The van der Waals surface area contributed by atoms with Gasteiger partial charge in [0.15, 0.2) is 0 Å². The Morgan fingerprint density at radius 3 is 2.67 bits per heavy atom. The molecule has 0 saturated carbocycles. The van der Waals surface area contributed by atoms with E-state index >= 15 is 0 Å². The third kappa shape index (κ3) is 2.68. The van der Waals surface area contributed by atoms with Crippen molar-refractivity contribution in [3.8, 4) is 0 Å². The molecule has 3 N–H and O–H groups in total. The Balaban J connectivity index is 2.60. The Hall–Kier alpha value is -1.59. The molecule has 1 fully saturated rings. The number of likely N-dealkylation sites (tertiary alicyclic amines) is 1. The smallest absolute Gasteiger partial charge is 0.305 e. The summed E-state index contributed by atoms with van der Waals surface area (Å²) in [7, 11) is 0. The number of amides is 2. The van der Waals surface area contributed by atoms with E-state index in [1.165, 1.54) is 4.90 Å². The Bertz CT molecular complexity index is 302. The standard InChI is InChI=1S/C9H14N2O4/c1-5(2-8(13)14)11-4-6(9(10)15)3-7(11)12/h5-6H,2-4H2,1H3,(H2,10,15)(H,13,14)/t5-,6?/m1/s1. The monoisotopic (exact) mass is 214 g/mol. The minimum atomic E-state index is -0.960. The lowest BCUT2D eigenvalue weighted by Crippen LogP contribution is -2.37. The number of primary amides is 1. The van der Waals surface area contributed by atoms with Gasteiger partial charge in [0.25, 0.3) is 0 Å². The zero-order chi connectivity index (χ0) is 11.6. The molecule has 0 aliphatic carbocycles. The second kappa shape index (κ2) is 4.29. The maximum atomic E-state index is 11.4. The van der Waals surface area contributed by atoms with Crippen molar-refractivity contribution in [2.75, 3.05) is 6.54 Å². The van der Waals surface area contributed by atoms with Crippen molar-refractivity contribution < 1.29 is 19.5 Å². The fourth-order valence-electron chi connectivity index (χ4n) is 1.71. The summed E-state index contributed by atoms with van der Waals surface area (Å²) in [6.45, 7) is 1.89. The molecule has 1 aliphatic heterocycles. The fourth-order valence-corrected chi connectivity index (χ4v) is 1.71. The SMILES string of the molecule is C[C@H](CC(=O)O)N1CC(C(N)=O)CC1=O. The molecule has 1 aliphatic rings. The number of carboxylic acids is 1. The molecule has 0 aromatic rings. The molecule has 6 heteroatoms. The Morgan fingerprint density at radius 1 is 1.67 bits per heavy atom. The van der Waals surface area contributed by atoms with E-state index in [2.05, 4.69) is 0 Å². The zero-order valence-electron chi connectivity index (χ0n) is 8.47. The fraction of sp³-hybridized carbons (Fsp3) is 0.667. The van der Waals surface area contributed by atoms with E-state index in [-0.39, 0.29) is 31.3 Å². The number of aliphatic carboxylic acids is 1. The maximum absolute atomic E-state index is 11.4. The number of nitrogens with two attached hydrogens (primary N) is 1. The highest BCUT2D eigenvalue weighted by molar-refractivity contribution is 5.88. The van der Waals surface area contributed by atoms with Gasteiger partial charge >= 0.3 is 5.97 Å². The van der Waals surface area contributed by atoms with Crippen molar-refractivity contribution in [3.05, 3.63) is 0 Å². The van der Waals surface area contributed by atoms with Crippen LogP contribution in [0, 0.1) is 5.92 Å². The molecule has 15 heavy (non-hydrogen) atoms. The normalized spacial score (nSPS) is 22.9. The first kappa shape index (κ1) is 11.5. The number of hydrogen-bond acceptors (Lipinski definition) is 3. The summed E-state index contributed by atoms with van der Waals surface area (Å²) in [4.78, 5) is 34.2. The van der Waals surface area contributed by atoms with Crippen LogP contribution >= 0.6 is 0 Å². The maximum Gasteiger partial charge on any atom is 0.305 e. The molecule has 0 radical (unpaired) electrons. The van der Waals surface area contributed by atoms with Crippen LogP contribution in [0.5, 0.6) is 0 Å². The Kier molecular flexibility index (Phi) is 3.28. The first-order valence-electron chi connectivity index (χ1n) is 4.72. The van der Waals surface area contributed by atoms with Gasteiger partial charge in [0.1, 0.15) is 0 Å². The van der Waals surface area contributed by atoms with E-state index in [1.807, 2.05) is 0 Å². The molecule has 1 unspecified atom stereocenters. The van der Waals surface area contributed by atoms with Crippen LogP contribution < -0.4 is 5.73 Å².